The highest BCUT2D eigenvalue weighted by atomic mass is 19.1. The second-order valence-corrected chi connectivity index (χ2v) is 6.13. The van der Waals surface area contributed by atoms with Gasteiger partial charge in [-0.15, -0.1) is 0 Å². The molecule has 0 aromatic heterocycles. The largest absolute Gasteiger partial charge is 0.307 e. The van der Waals surface area contributed by atoms with Crippen molar-refractivity contribution in [1.82, 2.24) is 5.32 Å². The molecule has 0 heterocycles. The molecule has 0 spiro atoms. The molecule has 18 heavy (non-hydrogen) atoms. The molecule has 1 N–H and O–H groups in total. The lowest BCUT2D eigenvalue weighted by Crippen LogP contribution is -2.31. The van der Waals surface area contributed by atoms with Gasteiger partial charge in [0.05, 0.1) is 0 Å². The van der Waals surface area contributed by atoms with Gasteiger partial charge in [-0.05, 0) is 43.7 Å². The van der Waals surface area contributed by atoms with Crippen molar-refractivity contribution in [3.05, 3.63) is 35.4 Å². The molecule has 1 aromatic rings. The maximum Gasteiger partial charge on any atom is 0.130 e. The summed E-state index contributed by atoms with van der Waals surface area (Å²) in [6, 6.07) is 4.10. The maximum absolute atomic E-state index is 13.6. The Bertz CT molecular complexity index is 408. The molecule has 1 aliphatic rings. The number of halogens is 2. The van der Waals surface area contributed by atoms with Crippen LogP contribution in [-0.4, -0.2) is 6.04 Å². The number of nitrogens with one attached hydrogen (secondary N) is 1. The second kappa shape index (κ2) is 4.96. The van der Waals surface area contributed by atoms with Crippen LogP contribution in [0.15, 0.2) is 18.2 Å². The van der Waals surface area contributed by atoms with E-state index in [-0.39, 0.29) is 11.6 Å². The van der Waals surface area contributed by atoms with Crippen molar-refractivity contribution in [2.45, 2.75) is 52.1 Å². The fraction of sp³-hybridized carbons (Fsp3) is 0.600. The summed E-state index contributed by atoms with van der Waals surface area (Å²) in [7, 11) is 0. The number of hydrogen-bond acceptors (Lipinski definition) is 1. The molecule has 1 nitrogen and oxygen atoms in total. The molecule has 0 radical (unpaired) electrons. The average molecular weight is 253 g/mol. The maximum atomic E-state index is 13.6. The Morgan fingerprint density at radius 1 is 1.28 bits per heavy atom. The molecule has 2 rings (SSSR count). The van der Waals surface area contributed by atoms with E-state index in [0.717, 1.165) is 19.3 Å². The third kappa shape index (κ3) is 2.89. The second-order valence-electron chi connectivity index (χ2n) is 6.13. The predicted molar refractivity (Wildman–Crippen MR) is 69.3 cm³/mol. The molecule has 1 aliphatic carbocycles. The number of hydrogen-bond donors (Lipinski definition) is 1. The molecule has 0 bridgehead atoms. The van der Waals surface area contributed by atoms with Gasteiger partial charge in [-0.25, -0.2) is 8.78 Å². The minimum atomic E-state index is -0.466. The molecule has 1 aromatic carbocycles. The van der Waals surface area contributed by atoms with Gasteiger partial charge < -0.3 is 5.32 Å². The smallest absolute Gasteiger partial charge is 0.130 e. The summed E-state index contributed by atoms with van der Waals surface area (Å²) in [6.45, 7) is 6.30. The molecule has 1 saturated carbocycles. The van der Waals surface area contributed by atoms with Crippen LogP contribution in [0.2, 0.25) is 0 Å². The van der Waals surface area contributed by atoms with Gasteiger partial charge in [-0.2, -0.15) is 0 Å². The first-order chi connectivity index (χ1) is 8.39. The van der Waals surface area contributed by atoms with E-state index >= 15 is 0 Å². The van der Waals surface area contributed by atoms with Crippen LogP contribution in [0.1, 0.15) is 51.6 Å². The lowest BCUT2D eigenvalue weighted by atomic mass is 9.91. The Hall–Kier alpha value is -0.960. The first-order valence-electron chi connectivity index (χ1n) is 6.59. The van der Waals surface area contributed by atoms with Crippen molar-refractivity contribution in [1.29, 1.82) is 0 Å². The highest BCUT2D eigenvalue weighted by molar-refractivity contribution is 5.23. The number of benzene rings is 1. The Balaban J connectivity index is 2.07. The highest BCUT2D eigenvalue weighted by Gasteiger charge is 2.32. The quantitative estimate of drug-likeness (QED) is 0.851. The summed E-state index contributed by atoms with van der Waals surface area (Å²) in [4.78, 5) is 0. The Morgan fingerprint density at radius 2 is 1.89 bits per heavy atom. The molecule has 0 saturated heterocycles. The zero-order valence-electron chi connectivity index (χ0n) is 11.3. The topological polar surface area (TPSA) is 12.0 Å². The summed E-state index contributed by atoms with van der Waals surface area (Å²) in [5.41, 5.74) is 0.493. The van der Waals surface area contributed by atoms with Crippen LogP contribution in [-0.2, 0) is 0 Å². The van der Waals surface area contributed by atoms with Crippen molar-refractivity contribution >= 4 is 0 Å². The summed E-state index contributed by atoms with van der Waals surface area (Å²) < 4.78 is 27.3. The van der Waals surface area contributed by atoms with E-state index in [4.69, 9.17) is 0 Å². The minimum absolute atomic E-state index is 0.155. The molecule has 0 amide bonds. The zero-order valence-corrected chi connectivity index (χ0v) is 11.3. The first-order valence-corrected chi connectivity index (χ1v) is 6.59. The molecule has 2 unspecified atom stereocenters. The van der Waals surface area contributed by atoms with Gasteiger partial charge in [0.1, 0.15) is 11.6 Å². The third-order valence-electron chi connectivity index (χ3n) is 3.89. The molecule has 3 heteroatoms. The van der Waals surface area contributed by atoms with Gasteiger partial charge in [0, 0.05) is 17.6 Å². The molecule has 2 atom stereocenters. The molecule has 0 aliphatic heterocycles. The molecular weight excluding hydrogens is 232 g/mol. The van der Waals surface area contributed by atoms with E-state index in [2.05, 4.69) is 19.2 Å². The van der Waals surface area contributed by atoms with E-state index in [1.807, 2.05) is 6.92 Å². The van der Waals surface area contributed by atoms with Crippen LogP contribution in [0.5, 0.6) is 0 Å². The Morgan fingerprint density at radius 3 is 2.39 bits per heavy atom. The first kappa shape index (κ1) is 13.5. The Kier molecular flexibility index (Phi) is 3.71. The predicted octanol–water partition coefficient (Wildman–Crippen LogP) is 4.19. The van der Waals surface area contributed by atoms with Crippen molar-refractivity contribution in [3.63, 3.8) is 0 Å². The van der Waals surface area contributed by atoms with Crippen LogP contribution in [0.4, 0.5) is 8.78 Å². The van der Waals surface area contributed by atoms with Gasteiger partial charge in [0.25, 0.3) is 0 Å². The van der Waals surface area contributed by atoms with Gasteiger partial charge in [-0.1, -0.05) is 19.9 Å². The average Bonchev–Trinajstić information content (AvgIpc) is 2.57. The standard InChI is InChI=1S/C15H21F2N/c1-10(14-12(16)5-4-6-13(14)17)18-11-7-8-15(2,3)9-11/h4-6,10-11,18H,7-9H2,1-3H3. The van der Waals surface area contributed by atoms with Crippen molar-refractivity contribution in [2.75, 3.05) is 0 Å². The fourth-order valence-corrected chi connectivity index (χ4v) is 2.94. The fourth-order valence-electron chi connectivity index (χ4n) is 2.94. The van der Waals surface area contributed by atoms with Crippen molar-refractivity contribution < 1.29 is 8.78 Å². The van der Waals surface area contributed by atoms with Crippen molar-refractivity contribution in [3.8, 4) is 0 Å². The molecule has 100 valence electrons. The van der Waals surface area contributed by atoms with E-state index < -0.39 is 11.6 Å². The summed E-state index contributed by atoms with van der Waals surface area (Å²) in [5.74, 6) is -0.931. The van der Waals surface area contributed by atoms with Crippen LogP contribution in [0, 0.1) is 17.0 Å². The van der Waals surface area contributed by atoms with Gasteiger partial charge in [0.15, 0.2) is 0 Å². The van der Waals surface area contributed by atoms with Crippen molar-refractivity contribution in [2.24, 2.45) is 5.41 Å². The van der Waals surface area contributed by atoms with Gasteiger partial charge in [-0.3, -0.25) is 0 Å². The van der Waals surface area contributed by atoms with Gasteiger partial charge in [0.2, 0.25) is 0 Å². The van der Waals surface area contributed by atoms with Crippen LogP contribution in [0.3, 0.4) is 0 Å². The minimum Gasteiger partial charge on any atom is -0.307 e. The normalized spacial score (nSPS) is 24.2. The zero-order chi connectivity index (χ0) is 13.3. The molecule has 1 fully saturated rings. The van der Waals surface area contributed by atoms with E-state index in [9.17, 15) is 8.78 Å². The van der Waals surface area contributed by atoms with Crippen LogP contribution in [0.25, 0.3) is 0 Å². The van der Waals surface area contributed by atoms with Crippen LogP contribution < -0.4 is 5.32 Å². The van der Waals surface area contributed by atoms with E-state index in [1.165, 1.54) is 18.2 Å². The van der Waals surface area contributed by atoms with Crippen LogP contribution >= 0.6 is 0 Å². The summed E-state index contributed by atoms with van der Waals surface area (Å²) in [6.07, 6.45) is 3.30. The lowest BCUT2D eigenvalue weighted by molar-refractivity contribution is 0.352. The summed E-state index contributed by atoms with van der Waals surface area (Å²) >= 11 is 0. The van der Waals surface area contributed by atoms with E-state index in [1.54, 1.807) is 0 Å². The molecular formula is C15H21F2N. The summed E-state index contributed by atoms with van der Waals surface area (Å²) in [5, 5.41) is 3.35. The number of rotatable bonds is 3. The van der Waals surface area contributed by atoms with E-state index in [0.29, 0.717) is 11.5 Å². The van der Waals surface area contributed by atoms with Gasteiger partial charge >= 0.3 is 0 Å². The highest BCUT2D eigenvalue weighted by Crippen LogP contribution is 2.38. The lowest BCUT2D eigenvalue weighted by Gasteiger charge is -2.22. The third-order valence-corrected chi connectivity index (χ3v) is 3.89. The Labute approximate surface area is 108 Å². The SMILES string of the molecule is CC(NC1CCC(C)(C)C1)c1c(F)cccc1F. The monoisotopic (exact) mass is 253 g/mol.